The van der Waals surface area contributed by atoms with Crippen molar-refractivity contribution in [3.8, 4) is 0 Å². The lowest BCUT2D eigenvalue weighted by atomic mass is 9.79. The van der Waals surface area contributed by atoms with E-state index in [9.17, 15) is 4.79 Å². The molecule has 6 nitrogen and oxygen atoms in total. The third-order valence-corrected chi connectivity index (χ3v) is 6.45. The van der Waals surface area contributed by atoms with E-state index in [0.717, 1.165) is 69.0 Å². The summed E-state index contributed by atoms with van der Waals surface area (Å²) in [5, 5.41) is 6.86. The first-order valence-electron chi connectivity index (χ1n) is 9.42. The summed E-state index contributed by atoms with van der Waals surface area (Å²) in [6.07, 6.45) is 1.99. The molecular formula is C19H25N5O. The second kappa shape index (κ2) is 5.81. The number of H-pyrrole nitrogens is 1. The Hall–Kier alpha value is -1.92. The molecule has 3 N–H and O–H groups in total. The summed E-state index contributed by atoms with van der Waals surface area (Å²) in [5.74, 6) is 2.31. The second-order valence-corrected chi connectivity index (χ2v) is 7.82. The van der Waals surface area contributed by atoms with Gasteiger partial charge in [-0.25, -0.2) is 4.98 Å². The number of nitrogens with zero attached hydrogens (tertiary/aromatic N) is 2. The number of nitrogens with one attached hydrogen (secondary N) is 3. The Balaban J connectivity index is 1.29. The third kappa shape index (κ3) is 2.39. The van der Waals surface area contributed by atoms with Gasteiger partial charge < -0.3 is 20.5 Å². The minimum absolute atomic E-state index is 0.202. The minimum Gasteiger partial charge on any atom is -0.342 e. The van der Waals surface area contributed by atoms with Crippen molar-refractivity contribution in [2.24, 2.45) is 11.3 Å². The largest absolute Gasteiger partial charge is 0.342 e. The topological polar surface area (TPSA) is 73.0 Å². The van der Waals surface area contributed by atoms with Crippen LogP contribution in [0.15, 0.2) is 24.3 Å². The van der Waals surface area contributed by atoms with Crippen molar-refractivity contribution in [3.63, 3.8) is 0 Å². The molecule has 0 radical (unpaired) electrons. The van der Waals surface area contributed by atoms with Gasteiger partial charge in [0.1, 0.15) is 5.82 Å². The van der Waals surface area contributed by atoms with Gasteiger partial charge in [-0.15, -0.1) is 0 Å². The number of carbonyl (C=O) groups excluding carboxylic acids is 1. The number of aromatic amines is 1. The molecule has 0 bridgehead atoms. The average Bonchev–Trinajstić information content (AvgIpc) is 3.34. The molecule has 5 rings (SSSR count). The van der Waals surface area contributed by atoms with Crippen molar-refractivity contribution in [1.82, 2.24) is 25.5 Å². The van der Waals surface area contributed by atoms with Crippen LogP contribution in [0.5, 0.6) is 0 Å². The number of aromatic nitrogens is 2. The minimum atomic E-state index is -0.202. The molecular weight excluding hydrogens is 314 g/mol. The molecule has 0 saturated carbocycles. The number of likely N-dealkylation sites (tertiary alicyclic amines) is 1. The van der Waals surface area contributed by atoms with Crippen LogP contribution in [0.3, 0.4) is 0 Å². The van der Waals surface area contributed by atoms with Crippen LogP contribution in [0.2, 0.25) is 0 Å². The zero-order valence-corrected chi connectivity index (χ0v) is 14.4. The van der Waals surface area contributed by atoms with Gasteiger partial charge in [-0.05, 0) is 25.0 Å². The quantitative estimate of drug-likeness (QED) is 0.765. The summed E-state index contributed by atoms with van der Waals surface area (Å²) in [4.78, 5) is 23.5. The van der Waals surface area contributed by atoms with Gasteiger partial charge in [-0.2, -0.15) is 0 Å². The maximum Gasteiger partial charge on any atom is 0.231 e. The van der Waals surface area contributed by atoms with Crippen LogP contribution in [0, 0.1) is 11.3 Å². The number of imidazole rings is 1. The first-order valence-corrected chi connectivity index (χ1v) is 9.42. The van der Waals surface area contributed by atoms with Crippen LogP contribution in [0.1, 0.15) is 24.6 Å². The monoisotopic (exact) mass is 339 g/mol. The second-order valence-electron chi connectivity index (χ2n) is 7.82. The Bertz CT molecular complexity index is 749. The Morgan fingerprint density at radius 3 is 2.56 bits per heavy atom. The maximum atomic E-state index is 13.2. The molecule has 0 unspecified atom stereocenters. The fourth-order valence-corrected chi connectivity index (χ4v) is 4.92. The zero-order valence-electron chi connectivity index (χ0n) is 14.4. The Morgan fingerprint density at radius 2 is 1.84 bits per heavy atom. The van der Waals surface area contributed by atoms with Crippen molar-refractivity contribution in [3.05, 3.63) is 30.1 Å². The van der Waals surface area contributed by atoms with Crippen molar-refractivity contribution in [2.75, 3.05) is 39.3 Å². The summed E-state index contributed by atoms with van der Waals surface area (Å²) in [7, 11) is 0. The van der Waals surface area contributed by atoms with Crippen LogP contribution in [0.4, 0.5) is 0 Å². The van der Waals surface area contributed by atoms with Gasteiger partial charge in [0, 0.05) is 51.1 Å². The molecule has 132 valence electrons. The van der Waals surface area contributed by atoms with Crippen molar-refractivity contribution in [1.29, 1.82) is 0 Å². The van der Waals surface area contributed by atoms with Crippen LogP contribution >= 0.6 is 0 Å². The summed E-state index contributed by atoms with van der Waals surface area (Å²) >= 11 is 0. The molecule has 2 aromatic rings. The highest BCUT2D eigenvalue weighted by Crippen LogP contribution is 2.38. The summed E-state index contributed by atoms with van der Waals surface area (Å²) < 4.78 is 0. The van der Waals surface area contributed by atoms with Gasteiger partial charge >= 0.3 is 0 Å². The molecule has 1 aromatic heterocycles. The number of carbonyl (C=O) groups is 1. The number of benzene rings is 1. The molecule has 0 spiro atoms. The van der Waals surface area contributed by atoms with Gasteiger partial charge in [0.15, 0.2) is 0 Å². The lowest BCUT2D eigenvalue weighted by Gasteiger charge is -2.37. The summed E-state index contributed by atoms with van der Waals surface area (Å²) in [6.45, 7) is 5.27. The number of rotatable bonds is 2. The highest BCUT2D eigenvalue weighted by molar-refractivity contribution is 5.85. The first kappa shape index (κ1) is 15.3. The van der Waals surface area contributed by atoms with Crippen molar-refractivity contribution in [2.45, 2.75) is 18.8 Å². The SMILES string of the molecule is O=C(N1CCC(c2nc3ccccc3[nH]2)CC1)C12CNCC1CNC2. The van der Waals surface area contributed by atoms with E-state index in [4.69, 9.17) is 4.98 Å². The highest BCUT2D eigenvalue weighted by Gasteiger charge is 2.53. The Kier molecular flexibility index (Phi) is 3.57. The van der Waals surface area contributed by atoms with E-state index in [-0.39, 0.29) is 5.41 Å². The summed E-state index contributed by atoms with van der Waals surface area (Å²) in [6, 6.07) is 8.18. The van der Waals surface area contributed by atoms with E-state index in [1.54, 1.807) is 0 Å². The molecule has 3 aliphatic heterocycles. The summed E-state index contributed by atoms with van der Waals surface area (Å²) in [5.41, 5.74) is 1.94. The number of hydrogen-bond acceptors (Lipinski definition) is 4. The first-order chi connectivity index (χ1) is 12.3. The zero-order chi connectivity index (χ0) is 16.9. The Labute approximate surface area is 147 Å². The van der Waals surface area contributed by atoms with Gasteiger partial charge in [-0.3, -0.25) is 4.79 Å². The van der Waals surface area contributed by atoms with E-state index in [1.165, 1.54) is 0 Å². The van der Waals surface area contributed by atoms with Gasteiger partial charge in [-0.1, -0.05) is 12.1 Å². The van der Waals surface area contributed by atoms with Crippen LogP contribution in [-0.4, -0.2) is 60.0 Å². The van der Waals surface area contributed by atoms with Crippen molar-refractivity contribution < 1.29 is 4.79 Å². The van der Waals surface area contributed by atoms with E-state index >= 15 is 0 Å². The third-order valence-electron chi connectivity index (χ3n) is 6.45. The Morgan fingerprint density at radius 1 is 1.12 bits per heavy atom. The smallest absolute Gasteiger partial charge is 0.231 e. The molecule has 4 heterocycles. The van der Waals surface area contributed by atoms with Gasteiger partial charge in [0.05, 0.1) is 16.4 Å². The number of fused-ring (bicyclic) bond motifs is 2. The molecule has 1 aromatic carbocycles. The standard InChI is InChI=1S/C19H25N5O/c25-18(19-11-20-9-14(19)10-21-12-19)24-7-5-13(6-8-24)17-22-15-3-1-2-4-16(15)23-17/h1-4,13-14,20-21H,5-12H2,(H,22,23). The predicted octanol–water partition coefficient (Wildman–Crippen LogP) is 1.08. The molecule has 1 amide bonds. The molecule has 0 atom stereocenters. The number of amides is 1. The van der Waals surface area contributed by atoms with Crippen LogP contribution < -0.4 is 10.6 Å². The van der Waals surface area contributed by atoms with Gasteiger partial charge in [0.2, 0.25) is 5.91 Å². The fourth-order valence-electron chi connectivity index (χ4n) is 4.92. The van der Waals surface area contributed by atoms with E-state index in [0.29, 0.717) is 17.7 Å². The molecule has 3 fully saturated rings. The normalized spacial score (nSPS) is 30.1. The number of piperidine rings is 1. The fraction of sp³-hybridized carbons (Fsp3) is 0.579. The molecule has 3 aliphatic rings. The molecule has 25 heavy (non-hydrogen) atoms. The van der Waals surface area contributed by atoms with E-state index in [1.807, 2.05) is 18.2 Å². The highest BCUT2D eigenvalue weighted by atomic mass is 16.2. The predicted molar refractivity (Wildman–Crippen MR) is 96.3 cm³/mol. The van der Waals surface area contributed by atoms with Gasteiger partial charge in [0.25, 0.3) is 0 Å². The lowest BCUT2D eigenvalue weighted by Crippen LogP contribution is -2.51. The van der Waals surface area contributed by atoms with Crippen molar-refractivity contribution >= 4 is 16.9 Å². The number of para-hydroxylation sites is 2. The van der Waals surface area contributed by atoms with Crippen LogP contribution in [0.25, 0.3) is 11.0 Å². The maximum absolute atomic E-state index is 13.2. The number of hydrogen-bond donors (Lipinski definition) is 3. The van der Waals surface area contributed by atoms with Crippen LogP contribution in [-0.2, 0) is 4.79 Å². The average molecular weight is 339 g/mol. The van der Waals surface area contributed by atoms with E-state index in [2.05, 4.69) is 26.6 Å². The lowest BCUT2D eigenvalue weighted by molar-refractivity contribution is -0.142. The molecule has 0 aliphatic carbocycles. The molecule has 6 heteroatoms. The van der Waals surface area contributed by atoms with E-state index < -0.39 is 0 Å². The molecule has 3 saturated heterocycles.